The van der Waals surface area contributed by atoms with Crippen molar-refractivity contribution in [1.29, 1.82) is 0 Å². The van der Waals surface area contributed by atoms with Gasteiger partial charge in [0.25, 0.3) is 0 Å². The average molecular weight is 322 g/mol. The molecule has 1 aromatic rings. The second-order valence-electron chi connectivity index (χ2n) is 5.17. The fraction of sp³-hybridized carbons (Fsp3) is 0.600. The van der Waals surface area contributed by atoms with E-state index in [1.165, 1.54) is 25.3 Å². The second kappa shape index (κ2) is 8.06. The van der Waals surface area contributed by atoms with E-state index in [1.54, 1.807) is 13.0 Å². The Bertz CT molecular complexity index is 413. The van der Waals surface area contributed by atoms with Crippen molar-refractivity contribution >= 4 is 24.0 Å². The fourth-order valence-electron chi connectivity index (χ4n) is 2.82. The van der Waals surface area contributed by atoms with Gasteiger partial charge in [0.05, 0.1) is 11.6 Å². The summed E-state index contributed by atoms with van der Waals surface area (Å²) in [7, 11) is 0. The van der Waals surface area contributed by atoms with E-state index < -0.39 is 5.82 Å². The van der Waals surface area contributed by atoms with E-state index in [9.17, 15) is 4.39 Å². The molecular formula is C15H22Cl2FNO. The Hall–Kier alpha value is -0.510. The smallest absolute Gasteiger partial charge is 0.173 e. The quantitative estimate of drug-likeness (QED) is 0.857. The van der Waals surface area contributed by atoms with Crippen molar-refractivity contribution < 1.29 is 9.13 Å². The minimum Gasteiger partial charge on any atom is -0.489 e. The molecule has 2 nitrogen and oxygen atoms in total. The first-order valence-corrected chi connectivity index (χ1v) is 7.38. The topological polar surface area (TPSA) is 35.2 Å². The maximum Gasteiger partial charge on any atom is 0.173 e. The number of halogens is 3. The van der Waals surface area contributed by atoms with Crippen LogP contribution in [0.2, 0.25) is 5.02 Å². The summed E-state index contributed by atoms with van der Waals surface area (Å²) in [6.45, 7) is 2.20. The molecule has 0 spiro atoms. The van der Waals surface area contributed by atoms with Gasteiger partial charge in [-0.15, -0.1) is 12.4 Å². The highest BCUT2D eigenvalue weighted by atomic mass is 35.5. The van der Waals surface area contributed by atoms with E-state index in [0.29, 0.717) is 17.5 Å². The molecule has 0 saturated heterocycles. The number of nitrogens with two attached hydrogens (primary N) is 1. The third-order valence-electron chi connectivity index (χ3n) is 3.85. The minimum atomic E-state index is -0.421. The maximum atomic E-state index is 14.0. The molecule has 1 aliphatic carbocycles. The first-order chi connectivity index (χ1) is 9.13. The van der Waals surface area contributed by atoms with Crippen LogP contribution < -0.4 is 10.5 Å². The highest BCUT2D eigenvalue weighted by molar-refractivity contribution is 6.32. The van der Waals surface area contributed by atoms with Gasteiger partial charge in [0.1, 0.15) is 0 Å². The molecule has 1 aliphatic rings. The largest absolute Gasteiger partial charge is 0.489 e. The lowest BCUT2D eigenvalue weighted by Gasteiger charge is -2.28. The summed E-state index contributed by atoms with van der Waals surface area (Å²) in [5, 5.41) is 0.308. The van der Waals surface area contributed by atoms with Gasteiger partial charge in [-0.3, -0.25) is 0 Å². The minimum absolute atomic E-state index is 0. The number of rotatable bonds is 4. The van der Waals surface area contributed by atoms with Crippen LogP contribution in [0, 0.1) is 11.7 Å². The molecule has 1 fully saturated rings. The first-order valence-electron chi connectivity index (χ1n) is 7.00. The molecule has 1 aromatic carbocycles. The lowest BCUT2D eigenvalue weighted by atomic mass is 9.81. The molecule has 2 rings (SSSR count). The van der Waals surface area contributed by atoms with Crippen LogP contribution in [0.5, 0.6) is 5.75 Å². The van der Waals surface area contributed by atoms with Crippen LogP contribution in [0.1, 0.15) is 50.6 Å². The van der Waals surface area contributed by atoms with Crippen molar-refractivity contribution in [3.8, 4) is 5.75 Å². The number of benzene rings is 1. The van der Waals surface area contributed by atoms with Gasteiger partial charge in [-0.05, 0) is 43.4 Å². The van der Waals surface area contributed by atoms with Gasteiger partial charge < -0.3 is 10.5 Å². The Morgan fingerprint density at radius 3 is 2.55 bits per heavy atom. The normalized spacial score (nSPS) is 17.4. The molecule has 0 bridgehead atoms. The van der Waals surface area contributed by atoms with Gasteiger partial charge in [-0.2, -0.15) is 0 Å². The Labute approximate surface area is 131 Å². The molecule has 20 heavy (non-hydrogen) atoms. The Kier molecular flexibility index (Phi) is 7.07. The highest BCUT2D eigenvalue weighted by Gasteiger charge is 2.23. The summed E-state index contributed by atoms with van der Waals surface area (Å²) in [5.74, 6) is 0.140. The molecule has 0 heterocycles. The predicted molar refractivity (Wildman–Crippen MR) is 83.3 cm³/mol. The van der Waals surface area contributed by atoms with Gasteiger partial charge in [0.2, 0.25) is 0 Å². The van der Waals surface area contributed by atoms with E-state index in [0.717, 1.165) is 18.4 Å². The number of ether oxygens (including phenoxy) is 1. The summed E-state index contributed by atoms with van der Waals surface area (Å²) >= 11 is 6.08. The maximum absolute atomic E-state index is 14.0. The molecule has 5 heteroatoms. The van der Waals surface area contributed by atoms with Crippen LogP contribution in [0.15, 0.2) is 12.1 Å². The van der Waals surface area contributed by atoms with Crippen molar-refractivity contribution in [3.05, 3.63) is 28.5 Å². The van der Waals surface area contributed by atoms with E-state index in [-0.39, 0.29) is 24.2 Å². The molecule has 1 atom stereocenters. The average Bonchev–Trinajstić information content (AvgIpc) is 2.43. The third-order valence-corrected chi connectivity index (χ3v) is 4.13. The molecule has 0 aromatic heterocycles. The molecular weight excluding hydrogens is 300 g/mol. The molecule has 0 unspecified atom stereocenters. The highest BCUT2D eigenvalue weighted by Crippen LogP contribution is 2.36. The SMILES string of the molecule is CCOc1c(F)cc([C@H](N)C2CCCCC2)cc1Cl.Cl. The van der Waals surface area contributed by atoms with Crippen LogP contribution >= 0.6 is 24.0 Å². The lowest BCUT2D eigenvalue weighted by Crippen LogP contribution is -2.23. The molecule has 1 saturated carbocycles. The molecule has 0 amide bonds. The van der Waals surface area contributed by atoms with Crippen molar-refractivity contribution in [2.45, 2.75) is 45.1 Å². The van der Waals surface area contributed by atoms with Gasteiger partial charge in [0, 0.05) is 6.04 Å². The Balaban J connectivity index is 0.00000200. The fourth-order valence-corrected chi connectivity index (χ4v) is 3.09. The van der Waals surface area contributed by atoms with E-state index in [2.05, 4.69) is 0 Å². The number of hydrogen-bond donors (Lipinski definition) is 1. The monoisotopic (exact) mass is 321 g/mol. The third kappa shape index (κ3) is 4.00. The van der Waals surface area contributed by atoms with Crippen molar-refractivity contribution in [1.82, 2.24) is 0 Å². The van der Waals surface area contributed by atoms with E-state index in [1.807, 2.05) is 0 Å². The van der Waals surface area contributed by atoms with E-state index in [4.69, 9.17) is 22.1 Å². The summed E-state index contributed by atoms with van der Waals surface area (Å²) in [6, 6.07) is 3.08. The summed E-state index contributed by atoms with van der Waals surface area (Å²) < 4.78 is 19.2. The zero-order chi connectivity index (χ0) is 13.8. The van der Waals surface area contributed by atoms with Crippen molar-refractivity contribution in [2.75, 3.05) is 6.61 Å². The standard InChI is InChI=1S/C15H21ClFNO.ClH/c1-2-19-15-12(16)8-11(9-13(15)17)14(18)10-6-4-3-5-7-10;/h8-10,14H,2-7,18H2,1H3;1H/t14-;/m1./s1. The van der Waals surface area contributed by atoms with Gasteiger partial charge in [0.15, 0.2) is 11.6 Å². The molecule has 114 valence electrons. The summed E-state index contributed by atoms with van der Waals surface area (Å²) in [5.41, 5.74) is 7.04. The number of hydrogen-bond acceptors (Lipinski definition) is 2. The van der Waals surface area contributed by atoms with Gasteiger partial charge >= 0.3 is 0 Å². The molecule has 2 N–H and O–H groups in total. The second-order valence-corrected chi connectivity index (χ2v) is 5.58. The van der Waals surface area contributed by atoms with Crippen LogP contribution in [0.25, 0.3) is 0 Å². The van der Waals surface area contributed by atoms with Crippen LogP contribution in [-0.4, -0.2) is 6.61 Å². The Morgan fingerprint density at radius 2 is 2.00 bits per heavy atom. The lowest BCUT2D eigenvalue weighted by molar-refractivity contribution is 0.305. The Morgan fingerprint density at radius 1 is 1.35 bits per heavy atom. The van der Waals surface area contributed by atoms with Crippen LogP contribution in [-0.2, 0) is 0 Å². The van der Waals surface area contributed by atoms with Gasteiger partial charge in [-0.1, -0.05) is 30.9 Å². The van der Waals surface area contributed by atoms with E-state index >= 15 is 0 Å². The molecule has 0 radical (unpaired) electrons. The van der Waals surface area contributed by atoms with Crippen molar-refractivity contribution in [3.63, 3.8) is 0 Å². The molecule has 0 aliphatic heterocycles. The van der Waals surface area contributed by atoms with Crippen LogP contribution in [0.4, 0.5) is 4.39 Å². The van der Waals surface area contributed by atoms with Gasteiger partial charge in [-0.25, -0.2) is 4.39 Å². The zero-order valence-corrected chi connectivity index (χ0v) is 13.3. The van der Waals surface area contributed by atoms with Crippen LogP contribution in [0.3, 0.4) is 0 Å². The van der Waals surface area contributed by atoms with Crippen molar-refractivity contribution in [2.24, 2.45) is 11.7 Å². The summed E-state index contributed by atoms with van der Waals surface area (Å²) in [4.78, 5) is 0. The summed E-state index contributed by atoms with van der Waals surface area (Å²) in [6.07, 6.45) is 5.94. The predicted octanol–water partition coefficient (Wildman–Crippen LogP) is 4.88. The zero-order valence-electron chi connectivity index (χ0n) is 11.7. The first kappa shape index (κ1) is 17.5.